The van der Waals surface area contributed by atoms with Crippen molar-refractivity contribution < 1.29 is 4.79 Å². The van der Waals surface area contributed by atoms with Crippen molar-refractivity contribution in [1.82, 2.24) is 29.9 Å². The summed E-state index contributed by atoms with van der Waals surface area (Å²) >= 11 is 0. The van der Waals surface area contributed by atoms with E-state index in [0.717, 1.165) is 16.7 Å². The maximum atomic E-state index is 12.1. The van der Waals surface area contributed by atoms with Crippen molar-refractivity contribution in [3.63, 3.8) is 0 Å². The average Bonchev–Trinajstić information content (AvgIpc) is 3.05. The van der Waals surface area contributed by atoms with Gasteiger partial charge in [-0.1, -0.05) is 6.92 Å². The van der Waals surface area contributed by atoms with Crippen LogP contribution in [0.2, 0.25) is 0 Å². The summed E-state index contributed by atoms with van der Waals surface area (Å²) in [6.45, 7) is 3.84. The molecule has 2 N–H and O–H groups in total. The van der Waals surface area contributed by atoms with Crippen LogP contribution in [0.5, 0.6) is 0 Å². The van der Waals surface area contributed by atoms with Gasteiger partial charge >= 0.3 is 0 Å². The van der Waals surface area contributed by atoms with Crippen molar-refractivity contribution in [1.29, 1.82) is 0 Å². The zero-order valence-corrected chi connectivity index (χ0v) is 12.0. The van der Waals surface area contributed by atoms with Crippen molar-refractivity contribution in [2.45, 2.75) is 20.3 Å². The molecule has 0 fully saturated rings. The predicted octanol–water partition coefficient (Wildman–Crippen LogP) is 1.21. The number of aromatic amines is 1. The standard InChI is InChI=1S/C13H15N7O/c1-4-10-16-11(18-17-10)13(21)15-8-5-9-7(2)19-20(3)12(9)14-6-8/h5-6H,4H2,1-3H3,(H,15,21)(H,16,17,18). The van der Waals surface area contributed by atoms with Crippen LogP contribution in [-0.4, -0.2) is 35.9 Å². The van der Waals surface area contributed by atoms with E-state index >= 15 is 0 Å². The molecule has 0 atom stereocenters. The number of fused-ring (bicyclic) bond motifs is 1. The van der Waals surface area contributed by atoms with Crippen molar-refractivity contribution in [3.8, 4) is 0 Å². The first-order valence-electron chi connectivity index (χ1n) is 6.60. The minimum absolute atomic E-state index is 0.120. The van der Waals surface area contributed by atoms with E-state index in [1.807, 2.05) is 27.0 Å². The SMILES string of the molecule is CCc1nc(C(=O)Nc2cnc3c(c2)c(C)nn3C)n[nH]1. The number of hydrogen-bond acceptors (Lipinski definition) is 5. The zero-order chi connectivity index (χ0) is 15.0. The quantitative estimate of drug-likeness (QED) is 0.753. The molecule has 0 radical (unpaired) electrons. The van der Waals surface area contributed by atoms with Crippen LogP contribution < -0.4 is 5.32 Å². The summed E-state index contributed by atoms with van der Waals surface area (Å²) in [5.41, 5.74) is 2.23. The molecule has 0 spiro atoms. The lowest BCUT2D eigenvalue weighted by atomic mass is 10.2. The summed E-state index contributed by atoms with van der Waals surface area (Å²) in [6, 6.07) is 1.84. The van der Waals surface area contributed by atoms with Gasteiger partial charge in [-0.15, -0.1) is 5.10 Å². The number of nitrogens with one attached hydrogen (secondary N) is 2. The Bertz CT molecular complexity index is 817. The van der Waals surface area contributed by atoms with Gasteiger partial charge in [0.1, 0.15) is 5.82 Å². The first kappa shape index (κ1) is 13.2. The Balaban J connectivity index is 1.87. The zero-order valence-electron chi connectivity index (χ0n) is 12.0. The van der Waals surface area contributed by atoms with Crippen LogP contribution in [0.1, 0.15) is 29.1 Å². The number of nitrogens with zero attached hydrogens (tertiary/aromatic N) is 5. The molecular formula is C13H15N7O. The molecule has 0 bridgehead atoms. The number of hydrogen-bond donors (Lipinski definition) is 2. The molecule has 0 aliphatic rings. The fourth-order valence-corrected chi connectivity index (χ4v) is 2.12. The van der Waals surface area contributed by atoms with Gasteiger partial charge in [0.15, 0.2) is 5.65 Å². The van der Waals surface area contributed by atoms with E-state index in [1.54, 1.807) is 10.9 Å². The van der Waals surface area contributed by atoms with E-state index in [-0.39, 0.29) is 11.7 Å². The first-order valence-corrected chi connectivity index (χ1v) is 6.60. The third kappa shape index (κ3) is 2.35. The Labute approximate surface area is 120 Å². The minimum atomic E-state index is -0.367. The van der Waals surface area contributed by atoms with Gasteiger partial charge in [-0.3, -0.25) is 14.6 Å². The lowest BCUT2D eigenvalue weighted by molar-refractivity contribution is 0.101. The molecule has 0 aromatic carbocycles. The summed E-state index contributed by atoms with van der Waals surface area (Å²) in [5, 5.41) is 14.5. The van der Waals surface area contributed by atoms with Crippen molar-refractivity contribution in [2.75, 3.05) is 5.32 Å². The second kappa shape index (κ2) is 4.97. The highest BCUT2D eigenvalue weighted by molar-refractivity contribution is 6.02. The molecule has 0 saturated carbocycles. The lowest BCUT2D eigenvalue weighted by Gasteiger charge is -2.02. The van der Waals surface area contributed by atoms with Crippen LogP contribution in [-0.2, 0) is 13.5 Å². The smallest absolute Gasteiger partial charge is 0.295 e. The fourth-order valence-electron chi connectivity index (χ4n) is 2.12. The van der Waals surface area contributed by atoms with Crippen LogP contribution in [0.15, 0.2) is 12.3 Å². The third-order valence-electron chi connectivity index (χ3n) is 3.19. The molecule has 1 amide bonds. The summed E-state index contributed by atoms with van der Waals surface area (Å²) < 4.78 is 1.71. The van der Waals surface area contributed by atoms with Gasteiger partial charge < -0.3 is 5.32 Å². The van der Waals surface area contributed by atoms with Crippen molar-refractivity contribution in [2.24, 2.45) is 7.05 Å². The monoisotopic (exact) mass is 285 g/mol. The summed E-state index contributed by atoms with van der Waals surface area (Å²) in [6.07, 6.45) is 2.29. The number of aryl methyl sites for hydroxylation is 3. The summed E-state index contributed by atoms with van der Waals surface area (Å²) in [7, 11) is 1.83. The predicted molar refractivity (Wildman–Crippen MR) is 77.0 cm³/mol. The van der Waals surface area contributed by atoms with Crippen LogP contribution in [0.25, 0.3) is 11.0 Å². The number of anilines is 1. The van der Waals surface area contributed by atoms with E-state index in [4.69, 9.17) is 0 Å². The topological polar surface area (TPSA) is 101 Å². The Kier molecular flexibility index (Phi) is 3.13. The van der Waals surface area contributed by atoms with Gasteiger partial charge in [0.25, 0.3) is 5.91 Å². The van der Waals surface area contributed by atoms with Crippen LogP contribution in [0.4, 0.5) is 5.69 Å². The number of carbonyl (C=O) groups is 1. The highest BCUT2D eigenvalue weighted by atomic mass is 16.2. The number of carbonyl (C=O) groups excluding carboxylic acids is 1. The van der Waals surface area contributed by atoms with Crippen molar-refractivity contribution in [3.05, 3.63) is 29.6 Å². The number of pyridine rings is 1. The molecule has 3 heterocycles. The Morgan fingerprint density at radius 3 is 3.00 bits per heavy atom. The largest absolute Gasteiger partial charge is 0.318 e. The van der Waals surface area contributed by atoms with Crippen LogP contribution in [0.3, 0.4) is 0 Å². The van der Waals surface area contributed by atoms with E-state index in [0.29, 0.717) is 17.9 Å². The molecule has 3 aromatic rings. The van der Waals surface area contributed by atoms with Gasteiger partial charge in [-0.05, 0) is 13.0 Å². The maximum Gasteiger partial charge on any atom is 0.295 e. The van der Waals surface area contributed by atoms with Gasteiger partial charge in [0, 0.05) is 18.9 Å². The highest BCUT2D eigenvalue weighted by Gasteiger charge is 2.13. The fraction of sp³-hybridized carbons (Fsp3) is 0.308. The molecule has 3 aromatic heterocycles. The average molecular weight is 285 g/mol. The van der Waals surface area contributed by atoms with Gasteiger partial charge in [0.05, 0.1) is 17.6 Å². The molecule has 8 heteroatoms. The molecule has 0 aliphatic heterocycles. The lowest BCUT2D eigenvalue weighted by Crippen LogP contribution is -2.14. The Morgan fingerprint density at radius 1 is 1.48 bits per heavy atom. The normalized spacial score (nSPS) is 11.0. The van der Waals surface area contributed by atoms with Crippen molar-refractivity contribution >= 4 is 22.6 Å². The van der Waals surface area contributed by atoms with E-state index < -0.39 is 0 Å². The summed E-state index contributed by atoms with van der Waals surface area (Å²) in [4.78, 5) is 20.5. The Morgan fingerprint density at radius 2 is 2.29 bits per heavy atom. The number of rotatable bonds is 3. The third-order valence-corrected chi connectivity index (χ3v) is 3.19. The van der Waals surface area contributed by atoms with E-state index in [2.05, 4.69) is 30.6 Å². The number of H-pyrrole nitrogens is 1. The molecule has 0 aliphatic carbocycles. The molecule has 0 saturated heterocycles. The highest BCUT2D eigenvalue weighted by Crippen LogP contribution is 2.19. The first-order chi connectivity index (χ1) is 10.1. The van der Waals surface area contributed by atoms with E-state index in [1.165, 1.54) is 0 Å². The molecule has 0 unspecified atom stereocenters. The minimum Gasteiger partial charge on any atom is -0.318 e. The molecule has 3 rings (SSSR count). The molecule has 108 valence electrons. The van der Waals surface area contributed by atoms with Gasteiger partial charge in [0.2, 0.25) is 5.82 Å². The van der Waals surface area contributed by atoms with Gasteiger partial charge in [-0.2, -0.15) is 5.10 Å². The second-order valence-electron chi connectivity index (χ2n) is 4.72. The molecule has 8 nitrogen and oxygen atoms in total. The molecular weight excluding hydrogens is 270 g/mol. The van der Waals surface area contributed by atoms with E-state index in [9.17, 15) is 4.79 Å². The maximum absolute atomic E-state index is 12.1. The summed E-state index contributed by atoms with van der Waals surface area (Å²) in [5.74, 6) is 0.431. The Hall–Kier alpha value is -2.77. The number of amides is 1. The second-order valence-corrected chi connectivity index (χ2v) is 4.72. The number of aromatic nitrogens is 6. The van der Waals surface area contributed by atoms with Crippen LogP contribution in [0, 0.1) is 6.92 Å². The van der Waals surface area contributed by atoms with Gasteiger partial charge in [-0.25, -0.2) is 9.97 Å². The molecule has 21 heavy (non-hydrogen) atoms. The van der Waals surface area contributed by atoms with Crippen LogP contribution >= 0.6 is 0 Å².